The Morgan fingerprint density at radius 3 is 1.96 bits per heavy atom. The summed E-state index contributed by atoms with van der Waals surface area (Å²) in [4.78, 5) is 16.3. The van der Waals surface area contributed by atoms with E-state index in [0.29, 0.717) is 12.5 Å². The van der Waals surface area contributed by atoms with Crippen molar-refractivity contribution < 1.29 is 9.53 Å². The highest BCUT2D eigenvalue weighted by Crippen LogP contribution is 2.29. The molecule has 0 amide bonds. The number of carbonyl (C=O) groups is 1. The first kappa shape index (κ1) is 20.6. The van der Waals surface area contributed by atoms with Crippen LogP contribution < -0.4 is 0 Å². The highest BCUT2D eigenvalue weighted by molar-refractivity contribution is 5.68. The standard InChI is InChI=1S/C24H32N2O2/c1-28-23(27)15-9-4-10-16-25-17-19-26(20-18-25)24(21-11-5-2-6-12-21)22-13-7-3-8-14-22/h2-3,5-8,11-14,24H,4,9-10,15-20H2,1H3. The minimum Gasteiger partial charge on any atom is -0.469 e. The van der Waals surface area contributed by atoms with Gasteiger partial charge in [0.25, 0.3) is 0 Å². The number of hydrogen-bond acceptors (Lipinski definition) is 4. The molecule has 0 saturated carbocycles. The van der Waals surface area contributed by atoms with Crippen LogP contribution in [-0.4, -0.2) is 55.6 Å². The number of rotatable bonds is 9. The van der Waals surface area contributed by atoms with Crippen molar-refractivity contribution in [2.24, 2.45) is 0 Å². The van der Waals surface area contributed by atoms with E-state index < -0.39 is 0 Å². The molecule has 0 aliphatic carbocycles. The summed E-state index contributed by atoms with van der Waals surface area (Å²) in [5.41, 5.74) is 2.73. The van der Waals surface area contributed by atoms with Gasteiger partial charge in [-0.25, -0.2) is 0 Å². The van der Waals surface area contributed by atoms with Gasteiger partial charge in [-0.15, -0.1) is 0 Å². The third-order valence-electron chi connectivity index (χ3n) is 5.59. The first-order valence-electron chi connectivity index (χ1n) is 10.4. The monoisotopic (exact) mass is 380 g/mol. The normalized spacial score (nSPS) is 15.6. The van der Waals surface area contributed by atoms with Crippen LogP contribution >= 0.6 is 0 Å². The summed E-state index contributed by atoms with van der Waals surface area (Å²) < 4.78 is 4.70. The van der Waals surface area contributed by atoms with Crippen LogP contribution in [0.3, 0.4) is 0 Å². The Morgan fingerprint density at radius 1 is 0.857 bits per heavy atom. The van der Waals surface area contributed by atoms with Crippen molar-refractivity contribution in [1.82, 2.24) is 9.80 Å². The van der Waals surface area contributed by atoms with Crippen LogP contribution in [0.15, 0.2) is 60.7 Å². The molecule has 0 aromatic heterocycles. The second kappa shape index (κ2) is 11.0. The molecule has 0 atom stereocenters. The zero-order chi connectivity index (χ0) is 19.6. The number of methoxy groups -OCH3 is 1. The van der Waals surface area contributed by atoms with Crippen molar-refractivity contribution >= 4 is 5.97 Å². The minimum absolute atomic E-state index is 0.0959. The van der Waals surface area contributed by atoms with E-state index in [4.69, 9.17) is 4.74 Å². The Bertz CT molecular complexity index is 658. The van der Waals surface area contributed by atoms with Crippen molar-refractivity contribution in [2.45, 2.75) is 31.7 Å². The lowest BCUT2D eigenvalue weighted by Gasteiger charge is -2.39. The number of piperazine rings is 1. The Kier molecular flexibility index (Phi) is 8.07. The van der Waals surface area contributed by atoms with Gasteiger partial charge in [-0.1, -0.05) is 67.1 Å². The van der Waals surface area contributed by atoms with Gasteiger partial charge in [0.2, 0.25) is 0 Å². The molecule has 1 heterocycles. The van der Waals surface area contributed by atoms with Gasteiger partial charge < -0.3 is 9.64 Å². The number of unbranched alkanes of at least 4 members (excludes halogenated alkanes) is 2. The van der Waals surface area contributed by atoms with Crippen LogP contribution in [0, 0.1) is 0 Å². The van der Waals surface area contributed by atoms with E-state index in [9.17, 15) is 4.79 Å². The van der Waals surface area contributed by atoms with Gasteiger partial charge in [-0.05, 0) is 30.5 Å². The summed E-state index contributed by atoms with van der Waals surface area (Å²) in [6.07, 6.45) is 3.71. The van der Waals surface area contributed by atoms with E-state index in [0.717, 1.165) is 52.0 Å². The fourth-order valence-corrected chi connectivity index (χ4v) is 4.01. The third kappa shape index (κ3) is 5.91. The first-order chi connectivity index (χ1) is 13.8. The average molecular weight is 381 g/mol. The molecule has 1 aliphatic rings. The highest BCUT2D eigenvalue weighted by Gasteiger charge is 2.25. The molecule has 0 bridgehead atoms. The van der Waals surface area contributed by atoms with Gasteiger partial charge >= 0.3 is 5.97 Å². The summed E-state index contributed by atoms with van der Waals surface area (Å²) in [6.45, 7) is 5.49. The van der Waals surface area contributed by atoms with Crippen LogP contribution in [0.25, 0.3) is 0 Å². The smallest absolute Gasteiger partial charge is 0.305 e. The molecule has 4 heteroatoms. The molecule has 0 spiro atoms. The van der Waals surface area contributed by atoms with Crippen molar-refractivity contribution in [3.8, 4) is 0 Å². The molecule has 0 N–H and O–H groups in total. The Labute approximate surface area is 169 Å². The van der Waals surface area contributed by atoms with E-state index in [1.807, 2.05) is 0 Å². The van der Waals surface area contributed by atoms with Gasteiger partial charge in [0.1, 0.15) is 0 Å². The second-order valence-electron chi connectivity index (χ2n) is 7.49. The fraction of sp³-hybridized carbons (Fsp3) is 0.458. The lowest BCUT2D eigenvalue weighted by Crippen LogP contribution is -2.48. The van der Waals surface area contributed by atoms with Crippen LogP contribution in [0.2, 0.25) is 0 Å². The quantitative estimate of drug-likeness (QED) is 0.484. The summed E-state index contributed by atoms with van der Waals surface area (Å²) in [5.74, 6) is -0.0959. The van der Waals surface area contributed by atoms with Gasteiger partial charge in [0.05, 0.1) is 13.2 Å². The Morgan fingerprint density at radius 2 is 1.43 bits per heavy atom. The van der Waals surface area contributed by atoms with Crippen LogP contribution in [0.5, 0.6) is 0 Å². The van der Waals surface area contributed by atoms with E-state index in [-0.39, 0.29) is 5.97 Å². The van der Waals surface area contributed by atoms with Crippen molar-refractivity contribution in [2.75, 3.05) is 39.8 Å². The molecule has 3 rings (SSSR count). The molecule has 2 aromatic carbocycles. The predicted molar refractivity (Wildman–Crippen MR) is 113 cm³/mol. The van der Waals surface area contributed by atoms with Crippen molar-refractivity contribution in [3.05, 3.63) is 71.8 Å². The third-order valence-corrected chi connectivity index (χ3v) is 5.59. The summed E-state index contributed by atoms with van der Waals surface area (Å²) >= 11 is 0. The maximum Gasteiger partial charge on any atom is 0.305 e. The first-order valence-corrected chi connectivity index (χ1v) is 10.4. The number of ether oxygens (including phenoxy) is 1. The maximum absolute atomic E-state index is 11.2. The largest absolute Gasteiger partial charge is 0.469 e. The van der Waals surface area contributed by atoms with E-state index in [1.165, 1.54) is 18.2 Å². The van der Waals surface area contributed by atoms with Gasteiger partial charge in [-0.3, -0.25) is 9.69 Å². The topological polar surface area (TPSA) is 32.8 Å². The second-order valence-corrected chi connectivity index (χ2v) is 7.49. The predicted octanol–water partition coefficient (Wildman–Crippen LogP) is 4.13. The van der Waals surface area contributed by atoms with Crippen LogP contribution in [0.1, 0.15) is 42.9 Å². The van der Waals surface area contributed by atoms with E-state index >= 15 is 0 Å². The summed E-state index contributed by atoms with van der Waals surface area (Å²) in [7, 11) is 1.46. The van der Waals surface area contributed by atoms with Gasteiger partial charge in [-0.2, -0.15) is 0 Å². The molecular weight excluding hydrogens is 348 g/mol. The SMILES string of the molecule is COC(=O)CCCCCN1CCN(C(c2ccccc2)c2ccccc2)CC1. The molecule has 150 valence electrons. The molecule has 2 aromatic rings. The highest BCUT2D eigenvalue weighted by atomic mass is 16.5. The molecule has 4 nitrogen and oxygen atoms in total. The zero-order valence-corrected chi connectivity index (χ0v) is 16.9. The molecule has 1 fully saturated rings. The van der Waals surface area contributed by atoms with Crippen LogP contribution in [-0.2, 0) is 9.53 Å². The van der Waals surface area contributed by atoms with E-state index in [1.54, 1.807) is 0 Å². The zero-order valence-electron chi connectivity index (χ0n) is 16.9. The summed E-state index contributed by atoms with van der Waals surface area (Å²) in [6, 6.07) is 22.0. The average Bonchev–Trinajstić information content (AvgIpc) is 2.76. The van der Waals surface area contributed by atoms with Gasteiger partial charge in [0, 0.05) is 32.6 Å². The number of hydrogen-bond donors (Lipinski definition) is 0. The maximum atomic E-state index is 11.2. The number of esters is 1. The van der Waals surface area contributed by atoms with Crippen LogP contribution in [0.4, 0.5) is 0 Å². The summed E-state index contributed by atoms with van der Waals surface area (Å²) in [5, 5.41) is 0. The number of nitrogens with zero attached hydrogens (tertiary/aromatic N) is 2. The molecule has 0 unspecified atom stereocenters. The Hall–Kier alpha value is -2.17. The number of benzene rings is 2. The fourth-order valence-electron chi connectivity index (χ4n) is 4.01. The molecule has 28 heavy (non-hydrogen) atoms. The molecule has 0 radical (unpaired) electrons. The Balaban J connectivity index is 1.51. The molecular formula is C24H32N2O2. The lowest BCUT2D eigenvalue weighted by molar-refractivity contribution is -0.140. The molecule has 1 aliphatic heterocycles. The van der Waals surface area contributed by atoms with E-state index in [2.05, 4.69) is 70.5 Å². The minimum atomic E-state index is -0.0959. The lowest BCUT2D eigenvalue weighted by atomic mass is 9.96. The number of carbonyl (C=O) groups excluding carboxylic acids is 1. The van der Waals surface area contributed by atoms with Gasteiger partial charge in [0.15, 0.2) is 0 Å². The molecule has 1 saturated heterocycles. The van der Waals surface area contributed by atoms with Crippen molar-refractivity contribution in [3.63, 3.8) is 0 Å². The van der Waals surface area contributed by atoms with Crippen molar-refractivity contribution in [1.29, 1.82) is 0 Å².